The lowest BCUT2D eigenvalue weighted by Crippen LogP contribution is -2.30. The number of hydrogen-bond donors (Lipinski definition) is 0. The van der Waals surface area contributed by atoms with Crippen molar-refractivity contribution in [1.29, 1.82) is 0 Å². The second-order valence-corrected chi connectivity index (χ2v) is 18.1. The second-order valence-electron chi connectivity index (χ2n) is 18.1. The lowest BCUT2D eigenvalue weighted by Gasteiger charge is -2.18. The molecule has 0 aromatic heterocycles. The van der Waals surface area contributed by atoms with Crippen molar-refractivity contribution in [2.75, 3.05) is 13.2 Å². The normalized spacial score (nSPS) is 12.1. The molecule has 0 aliphatic heterocycles. The third kappa shape index (κ3) is 43.5. The van der Waals surface area contributed by atoms with E-state index in [2.05, 4.69) is 34.6 Å². The molecule has 0 radical (unpaired) electrons. The Balaban J connectivity index is 4.31. The van der Waals surface area contributed by atoms with Gasteiger partial charge in [0.25, 0.3) is 0 Å². The van der Waals surface area contributed by atoms with Gasteiger partial charge in [-0.15, -0.1) is 0 Å². The molecule has 0 aromatic carbocycles. The zero-order valence-electron chi connectivity index (χ0n) is 38.3. The van der Waals surface area contributed by atoms with E-state index < -0.39 is 6.10 Å². The van der Waals surface area contributed by atoms with E-state index in [1.807, 2.05) is 0 Å². The largest absolute Gasteiger partial charge is 0.462 e. The van der Waals surface area contributed by atoms with E-state index in [1.165, 1.54) is 161 Å². The van der Waals surface area contributed by atoms with Crippen molar-refractivity contribution in [2.45, 2.75) is 278 Å². The first-order valence-corrected chi connectivity index (χ1v) is 24.7. The Kier molecular flexibility index (Phi) is 41.8. The van der Waals surface area contributed by atoms with E-state index in [0.29, 0.717) is 19.3 Å². The molecule has 0 aromatic rings. The van der Waals surface area contributed by atoms with Gasteiger partial charge >= 0.3 is 17.9 Å². The quantitative estimate of drug-likeness (QED) is 0.0347. The maximum atomic E-state index is 12.7. The van der Waals surface area contributed by atoms with Crippen LogP contribution in [0.4, 0.5) is 0 Å². The summed E-state index contributed by atoms with van der Waals surface area (Å²) in [5.74, 6) is 0.787. The third-order valence-electron chi connectivity index (χ3n) is 11.2. The summed E-state index contributed by atoms with van der Waals surface area (Å²) >= 11 is 0. The summed E-state index contributed by atoms with van der Waals surface area (Å²) in [6, 6.07) is 0. The second kappa shape index (κ2) is 43.0. The first-order chi connectivity index (χ1) is 27.2. The van der Waals surface area contributed by atoms with Gasteiger partial charge in [0.15, 0.2) is 6.10 Å². The van der Waals surface area contributed by atoms with Crippen LogP contribution in [-0.4, -0.2) is 37.2 Å². The predicted molar refractivity (Wildman–Crippen MR) is 238 cm³/mol. The average Bonchev–Trinajstić information content (AvgIpc) is 3.16. The first kappa shape index (κ1) is 54.4. The number of carbonyl (C=O) groups is 3. The minimum Gasteiger partial charge on any atom is -0.462 e. The van der Waals surface area contributed by atoms with Gasteiger partial charge < -0.3 is 14.2 Å². The van der Waals surface area contributed by atoms with Gasteiger partial charge in [0.1, 0.15) is 13.2 Å². The van der Waals surface area contributed by atoms with E-state index >= 15 is 0 Å². The molecule has 56 heavy (non-hydrogen) atoms. The fraction of sp³-hybridized carbons (Fsp3) is 0.940. The van der Waals surface area contributed by atoms with Crippen molar-refractivity contribution in [3.63, 3.8) is 0 Å². The summed E-state index contributed by atoms with van der Waals surface area (Å²) < 4.78 is 16.8. The maximum Gasteiger partial charge on any atom is 0.306 e. The van der Waals surface area contributed by atoms with E-state index in [1.54, 1.807) is 0 Å². The number of hydrogen-bond acceptors (Lipinski definition) is 6. The minimum absolute atomic E-state index is 0.0643. The van der Waals surface area contributed by atoms with Gasteiger partial charge in [0, 0.05) is 19.3 Å². The van der Waals surface area contributed by atoms with Crippen LogP contribution in [0.25, 0.3) is 0 Å². The summed E-state index contributed by atoms with van der Waals surface area (Å²) in [7, 11) is 0. The van der Waals surface area contributed by atoms with Crippen molar-refractivity contribution in [1.82, 2.24) is 0 Å². The highest BCUT2D eigenvalue weighted by molar-refractivity contribution is 5.71. The fourth-order valence-electron chi connectivity index (χ4n) is 7.46. The zero-order valence-corrected chi connectivity index (χ0v) is 38.3. The summed E-state index contributed by atoms with van der Waals surface area (Å²) in [4.78, 5) is 37.8. The molecule has 332 valence electrons. The number of carbonyl (C=O) groups excluding carboxylic acids is 3. The van der Waals surface area contributed by atoms with Gasteiger partial charge in [-0.25, -0.2) is 0 Å². The van der Waals surface area contributed by atoms with Crippen LogP contribution in [0.1, 0.15) is 272 Å². The predicted octanol–water partition coefficient (Wildman–Crippen LogP) is 15.8. The lowest BCUT2D eigenvalue weighted by molar-refractivity contribution is -0.167. The molecule has 0 spiro atoms. The molecule has 0 saturated heterocycles. The summed E-state index contributed by atoms with van der Waals surface area (Å²) in [6.07, 6.45) is 42.3. The van der Waals surface area contributed by atoms with E-state index in [9.17, 15) is 14.4 Å². The molecule has 6 nitrogen and oxygen atoms in total. The molecule has 1 atom stereocenters. The monoisotopic (exact) mass is 793 g/mol. The van der Waals surface area contributed by atoms with Gasteiger partial charge in [0.2, 0.25) is 0 Å². The molecule has 0 saturated carbocycles. The van der Waals surface area contributed by atoms with Crippen molar-refractivity contribution in [3.05, 3.63) is 0 Å². The number of ether oxygens (including phenoxy) is 3. The Bertz CT molecular complexity index is 854. The van der Waals surface area contributed by atoms with Crippen LogP contribution < -0.4 is 0 Å². The Morgan fingerprint density at radius 2 is 0.589 bits per heavy atom. The van der Waals surface area contributed by atoms with Crippen LogP contribution >= 0.6 is 0 Å². The molecule has 0 rings (SSSR count). The Morgan fingerprint density at radius 1 is 0.339 bits per heavy atom. The van der Waals surface area contributed by atoms with E-state index in [0.717, 1.165) is 69.6 Å². The Labute approximate surface area is 348 Å². The molecule has 0 aliphatic rings. The number of rotatable bonds is 44. The van der Waals surface area contributed by atoms with Crippen molar-refractivity contribution in [2.24, 2.45) is 11.8 Å². The molecule has 6 heteroatoms. The van der Waals surface area contributed by atoms with Crippen LogP contribution in [0.3, 0.4) is 0 Å². The van der Waals surface area contributed by atoms with Crippen molar-refractivity contribution >= 4 is 17.9 Å². The van der Waals surface area contributed by atoms with Gasteiger partial charge in [-0.1, -0.05) is 234 Å². The molecule has 0 fully saturated rings. The fourth-order valence-corrected chi connectivity index (χ4v) is 7.46. The van der Waals surface area contributed by atoms with Crippen LogP contribution in [0.15, 0.2) is 0 Å². The third-order valence-corrected chi connectivity index (χ3v) is 11.2. The molecule has 0 heterocycles. The minimum atomic E-state index is -0.761. The highest BCUT2D eigenvalue weighted by atomic mass is 16.6. The highest BCUT2D eigenvalue weighted by Gasteiger charge is 2.19. The van der Waals surface area contributed by atoms with E-state index in [-0.39, 0.29) is 31.1 Å². The number of unbranched alkanes of at least 4 members (excludes halogenated alkanes) is 29. The summed E-state index contributed by atoms with van der Waals surface area (Å²) in [5.41, 5.74) is 0. The van der Waals surface area contributed by atoms with Gasteiger partial charge in [-0.3, -0.25) is 14.4 Å². The molecule has 0 bridgehead atoms. The van der Waals surface area contributed by atoms with Crippen LogP contribution in [0, 0.1) is 11.8 Å². The standard InChI is InChI=1S/C50H96O6/c1-6-7-8-9-10-11-14-20-25-30-35-40-48(51)54-43-47(56-50(53)42-37-32-27-22-17-19-24-29-34-39-46(4)5)44-55-49(52)41-36-31-26-21-16-13-12-15-18-23-28-33-38-45(2)3/h45-47H,6-44H2,1-5H3/t47-/m1/s1. The van der Waals surface area contributed by atoms with Crippen LogP contribution in [0.2, 0.25) is 0 Å². The molecule has 0 unspecified atom stereocenters. The van der Waals surface area contributed by atoms with Gasteiger partial charge in [0.05, 0.1) is 0 Å². The molecular formula is C50H96O6. The molecule has 0 amide bonds. The highest BCUT2D eigenvalue weighted by Crippen LogP contribution is 2.17. The Hall–Kier alpha value is -1.59. The number of esters is 3. The summed E-state index contributed by atoms with van der Waals surface area (Å²) in [6.45, 7) is 11.3. The van der Waals surface area contributed by atoms with Crippen molar-refractivity contribution < 1.29 is 28.6 Å². The Morgan fingerprint density at radius 3 is 0.875 bits per heavy atom. The molecule has 0 aliphatic carbocycles. The zero-order chi connectivity index (χ0) is 41.2. The van der Waals surface area contributed by atoms with E-state index in [4.69, 9.17) is 14.2 Å². The van der Waals surface area contributed by atoms with Crippen LogP contribution in [0.5, 0.6) is 0 Å². The molecule has 0 N–H and O–H groups in total. The van der Waals surface area contributed by atoms with Gasteiger partial charge in [-0.05, 0) is 31.1 Å². The maximum absolute atomic E-state index is 12.7. The first-order valence-electron chi connectivity index (χ1n) is 24.7. The smallest absolute Gasteiger partial charge is 0.306 e. The van der Waals surface area contributed by atoms with Gasteiger partial charge in [-0.2, -0.15) is 0 Å². The topological polar surface area (TPSA) is 78.9 Å². The molecular weight excluding hydrogens is 697 g/mol. The summed E-state index contributed by atoms with van der Waals surface area (Å²) in [5, 5.41) is 0. The average molecular weight is 793 g/mol. The lowest BCUT2D eigenvalue weighted by atomic mass is 10.0. The van der Waals surface area contributed by atoms with Crippen molar-refractivity contribution in [3.8, 4) is 0 Å². The SMILES string of the molecule is CCCCCCCCCCCCCC(=O)OC[C@H](COC(=O)CCCCCCCCCCCCCCC(C)C)OC(=O)CCCCCCCCCCCC(C)C. The van der Waals surface area contributed by atoms with Crippen LogP contribution in [-0.2, 0) is 28.6 Å².